The van der Waals surface area contributed by atoms with E-state index >= 15 is 0 Å². The Morgan fingerprint density at radius 3 is 2.86 bits per heavy atom. The summed E-state index contributed by atoms with van der Waals surface area (Å²) in [6.45, 7) is 7.30. The molecule has 4 aromatic heterocycles. The van der Waals surface area contributed by atoms with Crippen LogP contribution in [0.15, 0.2) is 35.2 Å². The molecule has 1 aliphatic heterocycles. The van der Waals surface area contributed by atoms with Gasteiger partial charge in [0, 0.05) is 42.2 Å². The summed E-state index contributed by atoms with van der Waals surface area (Å²) in [6.07, 6.45) is 6.47. The number of hydrogen-bond acceptors (Lipinski definition) is 6. The van der Waals surface area contributed by atoms with Crippen molar-refractivity contribution in [3.63, 3.8) is 0 Å². The third-order valence-electron chi connectivity index (χ3n) is 5.35. The van der Waals surface area contributed by atoms with E-state index in [4.69, 9.17) is 14.2 Å². The van der Waals surface area contributed by atoms with Crippen LogP contribution < -0.4 is 0 Å². The summed E-state index contributed by atoms with van der Waals surface area (Å²) in [7, 11) is 0. The molecule has 28 heavy (non-hydrogen) atoms. The van der Waals surface area contributed by atoms with Gasteiger partial charge >= 0.3 is 0 Å². The summed E-state index contributed by atoms with van der Waals surface area (Å²) in [4.78, 5) is 9.34. The van der Waals surface area contributed by atoms with E-state index in [1.54, 1.807) is 0 Å². The van der Waals surface area contributed by atoms with E-state index in [1.807, 2.05) is 56.0 Å². The molecule has 0 bridgehead atoms. The first-order valence-electron chi connectivity index (χ1n) is 9.45. The third-order valence-corrected chi connectivity index (χ3v) is 5.35. The monoisotopic (exact) mass is 378 g/mol. The van der Waals surface area contributed by atoms with Crippen LogP contribution in [0.25, 0.3) is 17.0 Å². The van der Waals surface area contributed by atoms with Gasteiger partial charge in [-0.25, -0.2) is 14.5 Å². The van der Waals surface area contributed by atoms with Crippen molar-refractivity contribution in [3.05, 3.63) is 53.6 Å². The third kappa shape index (κ3) is 2.80. The minimum atomic E-state index is 0.170. The van der Waals surface area contributed by atoms with Gasteiger partial charge in [-0.1, -0.05) is 5.16 Å². The molecule has 1 aliphatic rings. The molecule has 0 spiro atoms. The highest BCUT2D eigenvalue weighted by Crippen LogP contribution is 2.33. The number of fused-ring (bicyclic) bond motifs is 1. The lowest BCUT2D eigenvalue weighted by Gasteiger charge is -2.20. The SMILES string of the molecule is Cc1cc(C[C@@H]2COC[C@@H]2n2ccnc2-c2cnn3c(C)cc(C)nc23)on1. The van der Waals surface area contributed by atoms with Crippen LogP contribution in [-0.2, 0) is 11.2 Å². The van der Waals surface area contributed by atoms with Gasteiger partial charge in [-0.05, 0) is 26.8 Å². The van der Waals surface area contributed by atoms with Gasteiger partial charge in [-0.3, -0.25) is 0 Å². The molecule has 144 valence electrons. The Kier molecular flexibility index (Phi) is 4.01. The maximum atomic E-state index is 5.82. The first-order valence-corrected chi connectivity index (χ1v) is 9.45. The number of ether oxygens (including phenoxy) is 1. The van der Waals surface area contributed by atoms with Crippen LogP contribution in [0.3, 0.4) is 0 Å². The summed E-state index contributed by atoms with van der Waals surface area (Å²) >= 11 is 0. The zero-order chi connectivity index (χ0) is 19.3. The maximum absolute atomic E-state index is 5.82. The summed E-state index contributed by atoms with van der Waals surface area (Å²) in [5.74, 6) is 2.05. The first-order chi connectivity index (χ1) is 13.6. The van der Waals surface area contributed by atoms with Crippen LogP contribution in [0.4, 0.5) is 0 Å². The first kappa shape index (κ1) is 17.1. The lowest BCUT2D eigenvalue weighted by atomic mass is 9.97. The van der Waals surface area contributed by atoms with Crippen LogP contribution in [0.1, 0.15) is 28.9 Å². The van der Waals surface area contributed by atoms with E-state index < -0.39 is 0 Å². The Morgan fingerprint density at radius 1 is 1.14 bits per heavy atom. The molecule has 0 radical (unpaired) electrons. The Labute approximate surface area is 162 Å². The predicted octanol–water partition coefficient (Wildman–Crippen LogP) is 2.94. The number of imidazole rings is 1. The van der Waals surface area contributed by atoms with Crippen LogP contribution >= 0.6 is 0 Å². The Morgan fingerprint density at radius 2 is 2.04 bits per heavy atom. The molecule has 0 aliphatic carbocycles. The molecule has 5 rings (SSSR count). The predicted molar refractivity (Wildman–Crippen MR) is 102 cm³/mol. The van der Waals surface area contributed by atoms with Crippen molar-refractivity contribution in [3.8, 4) is 11.4 Å². The van der Waals surface area contributed by atoms with Crippen molar-refractivity contribution in [2.75, 3.05) is 13.2 Å². The number of aryl methyl sites for hydroxylation is 3. The molecule has 0 amide bonds. The molecule has 0 aromatic carbocycles. The molecule has 0 unspecified atom stereocenters. The topological polar surface area (TPSA) is 83.3 Å². The Bertz CT molecular complexity index is 1140. The fourth-order valence-electron chi connectivity index (χ4n) is 4.08. The van der Waals surface area contributed by atoms with Crippen LogP contribution in [0, 0.1) is 26.7 Å². The fraction of sp³-hybridized carbons (Fsp3) is 0.400. The van der Waals surface area contributed by atoms with E-state index in [9.17, 15) is 0 Å². The molecule has 2 atom stereocenters. The average Bonchev–Trinajstić information content (AvgIpc) is 3.41. The van der Waals surface area contributed by atoms with Gasteiger partial charge < -0.3 is 13.8 Å². The van der Waals surface area contributed by atoms with E-state index in [1.165, 1.54) is 0 Å². The van der Waals surface area contributed by atoms with Gasteiger partial charge in [0.25, 0.3) is 0 Å². The quantitative estimate of drug-likeness (QED) is 0.543. The molecule has 1 saturated heterocycles. The fourth-order valence-corrected chi connectivity index (χ4v) is 4.08. The summed E-state index contributed by atoms with van der Waals surface area (Å²) < 4.78 is 15.3. The van der Waals surface area contributed by atoms with E-state index in [0.29, 0.717) is 19.1 Å². The zero-order valence-electron chi connectivity index (χ0n) is 16.2. The molecule has 1 fully saturated rings. The highest BCUT2D eigenvalue weighted by molar-refractivity contribution is 5.72. The molecule has 8 nitrogen and oxygen atoms in total. The van der Waals surface area contributed by atoms with Crippen LogP contribution in [0.2, 0.25) is 0 Å². The largest absolute Gasteiger partial charge is 0.379 e. The second kappa shape index (κ2) is 6.56. The van der Waals surface area contributed by atoms with Gasteiger partial charge in [0.1, 0.15) is 11.6 Å². The van der Waals surface area contributed by atoms with Gasteiger partial charge in [0.05, 0.1) is 36.7 Å². The Hall–Kier alpha value is -3.00. The van der Waals surface area contributed by atoms with Crippen molar-refractivity contribution in [2.45, 2.75) is 33.2 Å². The van der Waals surface area contributed by atoms with Crippen molar-refractivity contribution in [1.29, 1.82) is 0 Å². The molecule has 4 aromatic rings. The number of hydrogen-bond donors (Lipinski definition) is 0. The number of aromatic nitrogens is 6. The molecule has 8 heteroatoms. The molecular weight excluding hydrogens is 356 g/mol. The second-order valence-corrected chi connectivity index (χ2v) is 7.49. The summed E-state index contributed by atoms with van der Waals surface area (Å²) in [5, 5.41) is 8.52. The second-order valence-electron chi connectivity index (χ2n) is 7.49. The minimum absolute atomic E-state index is 0.170. The number of nitrogens with zero attached hydrogens (tertiary/aromatic N) is 6. The van der Waals surface area contributed by atoms with Gasteiger partial charge in [-0.15, -0.1) is 0 Å². The average molecular weight is 378 g/mol. The van der Waals surface area contributed by atoms with Crippen molar-refractivity contribution >= 4 is 5.65 Å². The smallest absolute Gasteiger partial charge is 0.166 e. The maximum Gasteiger partial charge on any atom is 0.166 e. The number of rotatable bonds is 4. The van der Waals surface area contributed by atoms with Crippen molar-refractivity contribution < 1.29 is 9.26 Å². The van der Waals surface area contributed by atoms with Crippen molar-refractivity contribution in [2.24, 2.45) is 5.92 Å². The standard InChI is InChI=1S/C20H22N6O2/c1-12-6-14(3)26-20(23-12)17(9-22-26)19-21-4-5-25(19)18-11-27-10-15(18)8-16-7-13(2)24-28-16/h4-7,9,15,18H,8,10-11H2,1-3H3/t15-,18+/m1/s1. The summed E-state index contributed by atoms with van der Waals surface area (Å²) in [6, 6.07) is 4.19. The summed E-state index contributed by atoms with van der Waals surface area (Å²) in [5.41, 5.74) is 4.67. The van der Waals surface area contributed by atoms with Crippen molar-refractivity contribution in [1.82, 2.24) is 29.3 Å². The van der Waals surface area contributed by atoms with E-state index in [2.05, 4.69) is 19.8 Å². The molecular formula is C20H22N6O2. The highest BCUT2D eigenvalue weighted by atomic mass is 16.5. The van der Waals surface area contributed by atoms with E-state index in [0.717, 1.165) is 46.3 Å². The van der Waals surface area contributed by atoms with Gasteiger partial charge in [0.2, 0.25) is 0 Å². The highest BCUT2D eigenvalue weighted by Gasteiger charge is 2.33. The van der Waals surface area contributed by atoms with Crippen LogP contribution in [-0.4, -0.2) is 42.5 Å². The van der Waals surface area contributed by atoms with E-state index in [-0.39, 0.29) is 6.04 Å². The lowest BCUT2D eigenvalue weighted by Crippen LogP contribution is -2.20. The van der Waals surface area contributed by atoms with Gasteiger partial charge in [0.15, 0.2) is 5.65 Å². The molecule has 5 heterocycles. The molecule has 0 N–H and O–H groups in total. The zero-order valence-corrected chi connectivity index (χ0v) is 16.2. The lowest BCUT2D eigenvalue weighted by molar-refractivity contribution is 0.180. The molecule has 0 saturated carbocycles. The minimum Gasteiger partial charge on any atom is -0.379 e. The van der Waals surface area contributed by atoms with Gasteiger partial charge in [-0.2, -0.15) is 5.10 Å². The normalized spacial score (nSPS) is 19.7. The Balaban J connectivity index is 1.52. The van der Waals surface area contributed by atoms with Crippen LogP contribution in [0.5, 0.6) is 0 Å².